The van der Waals surface area contributed by atoms with Gasteiger partial charge in [0.05, 0.1) is 0 Å². The van der Waals surface area contributed by atoms with Crippen molar-refractivity contribution in [3.05, 3.63) is 70.5 Å². The Kier molecular flexibility index (Phi) is 5.05. The van der Waals surface area contributed by atoms with Gasteiger partial charge in [-0.05, 0) is 54.7 Å². The molecule has 3 nitrogen and oxygen atoms in total. The maximum Gasteiger partial charge on any atom is 0.314 e. The number of amides is 2. The van der Waals surface area contributed by atoms with E-state index in [9.17, 15) is 9.18 Å². The Morgan fingerprint density at radius 2 is 1.88 bits per heavy atom. The molecular weight excluding hydrogens is 327 g/mol. The lowest BCUT2D eigenvalue weighted by Gasteiger charge is -2.17. The summed E-state index contributed by atoms with van der Waals surface area (Å²) in [5.41, 5.74) is 2.15. The second-order valence-electron chi connectivity index (χ2n) is 6.28. The number of nitrogens with one attached hydrogen (secondary N) is 2. The topological polar surface area (TPSA) is 41.1 Å². The summed E-state index contributed by atoms with van der Waals surface area (Å²) in [6.07, 6.45) is 2.76. The normalized spacial score (nSPS) is 14.9. The first-order valence-corrected chi connectivity index (χ1v) is 8.47. The molecule has 1 aliphatic carbocycles. The van der Waals surface area contributed by atoms with Gasteiger partial charge in [0.15, 0.2) is 0 Å². The number of carbonyl (C=O) groups excluding carboxylic acids is 1. The lowest BCUT2D eigenvalue weighted by atomic mass is 9.96. The molecule has 0 aliphatic heterocycles. The summed E-state index contributed by atoms with van der Waals surface area (Å²) in [5.74, 6) is -0.235. The highest BCUT2D eigenvalue weighted by Gasteiger charge is 2.44. The van der Waals surface area contributed by atoms with Crippen LogP contribution in [0, 0.1) is 5.82 Å². The van der Waals surface area contributed by atoms with Crippen molar-refractivity contribution in [3.8, 4) is 0 Å². The van der Waals surface area contributed by atoms with Crippen LogP contribution in [-0.2, 0) is 11.8 Å². The van der Waals surface area contributed by atoms with Crippen LogP contribution in [0.3, 0.4) is 0 Å². The third-order valence-electron chi connectivity index (χ3n) is 4.49. The van der Waals surface area contributed by atoms with Gasteiger partial charge in [-0.2, -0.15) is 0 Å². The van der Waals surface area contributed by atoms with Crippen LogP contribution in [-0.4, -0.2) is 19.1 Å². The third-order valence-corrected chi connectivity index (χ3v) is 4.72. The van der Waals surface area contributed by atoms with Gasteiger partial charge in [0.2, 0.25) is 0 Å². The van der Waals surface area contributed by atoms with E-state index < -0.39 is 0 Å². The molecule has 0 unspecified atom stereocenters. The number of rotatable bonds is 6. The predicted molar refractivity (Wildman–Crippen MR) is 93.9 cm³/mol. The highest BCUT2D eigenvalue weighted by molar-refractivity contribution is 6.30. The van der Waals surface area contributed by atoms with Gasteiger partial charge in [-0.25, -0.2) is 9.18 Å². The molecule has 0 aromatic heterocycles. The standard InChI is InChI=1S/C19H20ClFN2O/c20-16-3-1-2-14(12-16)8-11-22-18(24)23-13-19(9-10-19)15-4-6-17(21)7-5-15/h1-7,12H,8-11,13H2,(H2,22,23,24). The summed E-state index contributed by atoms with van der Waals surface area (Å²) in [6.45, 7) is 1.12. The SMILES string of the molecule is O=C(NCCc1cccc(Cl)c1)NCC1(c2ccc(F)cc2)CC1. The van der Waals surface area contributed by atoms with Crippen LogP contribution in [0.5, 0.6) is 0 Å². The lowest BCUT2D eigenvalue weighted by molar-refractivity contribution is 0.240. The Morgan fingerprint density at radius 1 is 1.12 bits per heavy atom. The molecule has 1 aliphatic rings. The molecule has 5 heteroatoms. The van der Waals surface area contributed by atoms with Crippen molar-refractivity contribution in [1.29, 1.82) is 0 Å². The summed E-state index contributed by atoms with van der Waals surface area (Å²) in [4.78, 5) is 12.0. The summed E-state index contributed by atoms with van der Waals surface area (Å²) >= 11 is 5.94. The summed E-state index contributed by atoms with van der Waals surface area (Å²) in [7, 11) is 0. The van der Waals surface area contributed by atoms with E-state index in [1.54, 1.807) is 12.1 Å². The van der Waals surface area contributed by atoms with Gasteiger partial charge in [0, 0.05) is 23.5 Å². The van der Waals surface area contributed by atoms with Gasteiger partial charge in [-0.1, -0.05) is 35.9 Å². The van der Waals surface area contributed by atoms with E-state index in [1.165, 1.54) is 12.1 Å². The summed E-state index contributed by atoms with van der Waals surface area (Å²) in [6, 6.07) is 14.0. The van der Waals surface area contributed by atoms with Crippen LogP contribution >= 0.6 is 11.6 Å². The van der Waals surface area contributed by atoms with Gasteiger partial charge >= 0.3 is 6.03 Å². The molecule has 2 aromatic carbocycles. The van der Waals surface area contributed by atoms with E-state index >= 15 is 0 Å². The molecule has 0 radical (unpaired) electrons. The molecule has 0 heterocycles. The predicted octanol–water partition coefficient (Wildman–Crippen LogP) is 4.05. The van der Waals surface area contributed by atoms with E-state index in [-0.39, 0.29) is 17.3 Å². The van der Waals surface area contributed by atoms with Crippen molar-refractivity contribution in [1.82, 2.24) is 10.6 Å². The van der Waals surface area contributed by atoms with E-state index in [1.807, 2.05) is 24.3 Å². The Bertz CT molecular complexity index is 714. The minimum atomic E-state index is -0.235. The zero-order valence-electron chi connectivity index (χ0n) is 13.3. The minimum absolute atomic E-state index is 0.0298. The van der Waals surface area contributed by atoms with E-state index in [0.29, 0.717) is 18.1 Å². The fourth-order valence-electron chi connectivity index (χ4n) is 2.85. The Morgan fingerprint density at radius 3 is 2.54 bits per heavy atom. The van der Waals surface area contributed by atoms with Crippen LogP contribution in [0.25, 0.3) is 0 Å². The average Bonchev–Trinajstić information content (AvgIpc) is 3.35. The van der Waals surface area contributed by atoms with E-state index in [0.717, 1.165) is 30.4 Å². The smallest absolute Gasteiger partial charge is 0.314 e. The Labute approximate surface area is 146 Å². The number of hydrogen-bond acceptors (Lipinski definition) is 1. The van der Waals surface area contributed by atoms with Gasteiger partial charge in [-0.3, -0.25) is 0 Å². The molecule has 0 bridgehead atoms. The van der Waals surface area contributed by atoms with Crippen molar-refractivity contribution in [3.63, 3.8) is 0 Å². The number of halogens is 2. The van der Waals surface area contributed by atoms with E-state index in [4.69, 9.17) is 11.6 Å². The number of carbonyl (C=O) groups is 1. The molecule has 0 spiro atoms. The summed E-state index contributed by atoms with van der Waals surface area (Å²) < 4.78 is 13.0. The molecule has 0 saturated heterocycles. The number of urea groups is 1. The lowest BCUT2D eigenvalue weighted by Crippen LogP contribution is -2.40. The van der Waals surface area contributed by atoms with Crippen LogP contribution in [0.2, 0.25) is 5.02 Å². The van der Waals surface area contributed by atoms with Crippen LogP contribution in [0.15, 0.2) is 48.5 Å². The van der Waals surface area contributed by atoms with E-state index in [2.05, 4.69) is 10.6 Å². The fraction of sp³-hybridized carbons (Fsp3) is 0.316. The van der Waals surface area contributed by atoms with Gasteiger partial charge < -0.3 is 10.6 Å². The molecule has 3 rings (SSSR count). The van der Waals surface area contributed by atoms with Crippen molar-refractivity contribution in [2.75, 3.05) is 13.1 Å². The first kappa shape index (κ1) is 16.8. The van der Waals surface area contributed by atoms with Crippen molar-refractivity contribution < 1.29 is 9.18 Å². The monoisotopic (exact) mass is 346 g/mol. The first-order valence-electron chi connectivity index (χ1n) is 8.10. The van der Waals surface area contributed by atoms with Crippen molar-refractivity contribution >= 4 is 17.6 Å². The molecule has 1 saturated carbocycles. The van der Waals surface area contributed by atoms with Gasteiger partial charge in [0.1, 0.15) is 5.82 Å². The van der Waals surface area contributed by atoms with Crippen LogP contribution < -0.4 is 10.6 Å². The maximum absolute atomic E-state index is 13.0. The highest BCUT2D eigenvalue weighted by atomic mass is 35.5. The number of hydrogen-bond donors (Lipinski definition) is 2. The molecule has 2 N–H and O–H groups in total. The molecule has 24 heavy (non-hydrogen) atoms. The summed E-state index contributed by atoms with van der Waals surface area (Å²) in [5, 5.41) is 6.49. The van der Waals surface area contributed by atoms with Crippen molar-refractivity contribution in [2.45, 2.75) is 24.7 Å². The second-order valence-corrected chi connectivity index (χ2v) is 6.71. The largest absolute Gasteiger partial charge is 0.338 e. The highest BCUT2D eigenvalue weighted by Crippen LogP contribution is 2.47. The first-order chi connectivity index (χ1) is 11.6. The Balaban J connectivity index is 1.43. The quantitative estimate of drug-likeness (QED) is 0.814. The molecular formula is C19H20ClFN2O. The van der Waals surface area contributed by atoms with Crippen LogP contribution in [0.1, 0.15) is 24.0 Å². The van der Waals surface area contributed by atoms with Gasteiger partial charge in [-0.15, -0.1) is 0 Å². The second kappa shape index (κ2) is 7.22. The number of benzene rings is 2. The van der Waals surface area contributed by atoms with Crippen LogP contribution in [0.4, 0.5) is 9.18 Å². The Hall–Kier alpha value is -2.07. The average molecular weight is 347 g/mol. The van der Waals surface area contributed by atoms with Crippen molar-refractivity contribution in [2.24, 2.45) is 0 Å². The zero-order valence-corrected chi connectivity index (χ0v) is 14.1. The molecule has 2 amide bonds. The molecule has 1 fully saturated rings. The maximum atomic E-state index is 13.0. The fourth-order valence-corrected chi connectivity index (χ4v) is 3.06. The molecule has 0 atom stereocenters. The molecule has 2 aromatic rings. The molecule has 126 valence electrons. The third kappa shape index (κ3) is 4.26. The van der Waals surface area contributed by atoms with Gasteiger partial charge in [0.25, 0.3) is 0 Å². The zero-order chi connectivity index (χ0) is 17.0. The minimum Gasteiger partial charge on any atom is -0.338 e.